The lowest BCUT2D eigenvalue weighted by Crippen LogP contribution is -2.24. The first-order chi connectivity index (χ1) is 10.2. The molecule has 0 aromatic heterocycles. The van der Waals surface area contributed by atoms with Gasteiger partial charge >= 0.3 is 0 Å². The summed E-state index contributed by atoms with van der Waals surface area (Å²) < 4.78 is 2.25. The molecule has 3 rings (SSSR count). The second-order valence-corrected chi connectivity index (χ2v) is 7.02. The number of benzene rings is 2. The molecule has 5 heteroatoms. The average Bonchev–Trinajstić information content (AvgIpc) is 2.91. The van der Waals surface area contributed by atoms with Crippen LogP contribution in [0.15, 0.2) is 69.9 Å². The highest BCUT2D eigenvalue weighted by Crippen LogP contribution is 2.18. The van der Waals surface area contributed by atoms with Crippen molar-refractivity contribution in [3.63, 3.8) is 0 Å². The SMILES string of the molecule is Br.Brc1ccc(CN2C=CN(Cc3ccc(Br)cc3)C2)cc1. The third kappa shape index (κ3) is 4.86. The minimum atomic E-state index is 0. The molecule has 0 atom stereocenters. The molecule has 0 saturated heterocycles. The van der Waals surface area contributed by atoms with Crippen LogP contribution in [0.4, 0.5) is 0 Å². The van der Waals surface area contributed by atoms with Crippen molar-refractivity contribution in [2.45, 2.75) is 13.1 Å². The minimum Gasteiger partial charge on any atom is -0.354 e. The van der Waals surface area contributed by atoms with E-state index >= 15 is 0 Å². The van der Waals surface area contributed by atoms with Gasteiger partial charge in [0.25, 0.3) is 0 Å². The zero-order valence-electron chi connectivity index (χ0n) is 12.0. The molecule has 2 aromatic carbocycles. The van der Waals surface area contributed by atoms with Crippen LogP contribution in [0, 0.1) is 0 Å². The van der Waals surface area contributed by atoms with Crippen LogP contribution in [0.2, 0.25) is 0 Å². The van der Waals surface area contributed by atoms with E-state index in [0.29, 0.717) is 0 Å². The van der Waals surface area contributed by atoms with E-state index in [9.17, 15) is 0 Å². The van der Waals surface area contributed by atoms with E-state index in [1.807, 2.05) is 0 Å². The molecule has 1 heterocycles. The highest BCUT2D eigenvalue weighted by atomic mass is 79.9. The monoisotopic (exact) mass is 486 g/mol. The summed E-state index contributed by atoms with van der Waals surface area (Å²) in [7, 11) is 0. The predicted molar refractivity (Wildman–Crippen MR) is 104 cm³/mol. The van der Waals surface area contributed by atoms with Crippen LogP contribution < -0.4 is 0 Å². The molecule has 22 heavy (non-hydrogen) atoms. The van der Waals surface area contributed by atoms with E-state index in [-0.39, 0.29) is 17.0 Å². The van der Waals surface area contributed by atoms with Gasteiger partial charge in [-0.2, -0.15) is 0 Å². The predicted octanol–water partition coefficient (Wildman–Crippen LogP) is 5.54. The molecule has 2 nitrogen and oxygen atoms in total. The van der Waals surface area contributed by atoms with Crippen molar-refractivity contribution in [1.82, 2.24) is 9.80 Å². The molecule has 0 fully saturated rings. The van der Waals surface area contributed by atoms with Crippen molar-refractivity contribution in [2.24, 2.45) is 0 Å². The Balaban J connectivity index is 0.00000176. The quantitative estimate of drug-likeness (QED) is 0.558. The van der Waals surface area contributed by atoms with E-state index in [2.05, 4.69) is 103 Å². The van der Waals surface area contributed by atoms with Gasteiger partial charge in [0.2, 0.25) is 0 Å². The molecule has 0 unspecified atom stereocenters. The van der Waals surface area contributed by atoms with Crippen molar-refractivity contribution < 1.29 is 0 Å². The Hall–Kier alpha value is -0.780. The van der Waals surface area contributed by atoms with E-state index < -0.39 is 0 Å². The summed E-state index contributed by atoms with van der Waals surface area (Å²) in [5.74, 6) is 0. The van der Waals surface area contributed by atoms with Crippen LogP contribution in [-0.2, 0) is 13.1 Å². The number of hydrogen-bond donors (Lipinski definition) is 0. The van der Waals surface area contributed by atoms with Gasteiger partial charge in [-0.1, -0.05) is 56.1 Å². The third-order valence-electron chi connectivity index (χ3n) is 3.45. The molecule has 0 bridgehead atoms. The van der Waals surface area contributed by atoms with Crippen molar-refractivity contribution >= 4 is 48.8 Å². The van der Waals surface area contributed by atoms with Crippen LogP contribution in [-0.4, -0.2) is 16.5 Å². The van der Waals surface area contributed by atoms with Crippen molar-refractivity contribution in [3.8, 4) is 0 Å². The van der Waals surface area contributed by atoms with Gasteiger partial charge in [0.05, 0.1) is 6.67 Å². The number of nitrogens with zero attached hydrogens (tertiary/aromatic N) is 2. The van der Waals surface area contributed by atoms with Gasteiger partial charge in [0.15, 0.2) is 0 Å². The van der Waals surface area contributed by atoms with Crippen LogP contribution in [0.25, 0.3) is 0 Å². The topological polar surface area (TPSA) is 6.48 Å². The molecule has 2 aromatic rings. The Morgan fingerprint density at radius 1 is 0.682 bits per heavy atom. The number of hydrogen-bond acceptors (Lipinski definition) is 2. The molecule has 0 radical (unpaired) electrons. The van der Waals surface area contributed by atoms with Crippen molar-refractivity contribution in [3.05, 3.63) is 81.0 Å². The molecule has 116 valence electrons. The summed E-state index contributed by atoms with van der Waals surface area (Å²) >= 11 is 6.94. The molecule has 0 saturated carbocycles. The maximum Gasteiger partial charge on any atom is 0.0900 e. The molecule has 1 aliphatic heterocycles. The fourth-order valence-electron chi connectivity index (χ4n) is 2.37. The Morgan fingerprint density at radius 2 is 1.05 bits per heavy atom. The Labute approximate surface area is 158 Å². The zero-order chi connectivity index (χ0) is 14.7. The summed E-state index contributed by atoms with van der Waals surface area (Å²) in [6, 6.07) is 17.0. The van der Waals surface area contributed by atoms with E-state index in [1.54, 1.807) is 0 Å². The highest BCUT2D eigenvalue weighted by Gasteiger charge is 2.12. The largest absolute Gasteiger partial charge is 0.354 e. The lowest BCUT2D eigenvalue weighted by atomic mass is 10.2. The first kappa shape index (κ1) is 17.6. The lowest BCUT2D eigenvalue weighted by Gasteiger charge is -2.21. The molecule has 0 spiro atoms. The van der Waals surface area contributed by atoms with E-state index in [1.165, 1.54) is 11.1 Å². The second-order valence-electron chi connectivity index (χ2n) is 5.19. The molecule has 0 aliphatic carbocycles. The normalized spacial score (nSPS) is 13.4. The molecule has 1 aliphatic rings. The van der Waals surface area contributed by atoms with Crippen molar-refractivity contribution in [1.29, 1.82) is 0 Å². The Kier molecular flexibility index (Phi) is 6.53. The molecule has 0 amide bonds. The Morgan fingerprint density at radius 3 is 1.41 bits per heavy atom. The summed E-state index contributed by atoms with van der Waals surface area (Å²) in [4.78, 5) is 4.64. The summed E-state index contributed by atoms with van der Waals surface area (Å²) in [6.07, 6.45) is 4.34. The van der Waals surface area contributed by atoms with Gasteiger partial charge < -0.3 is 9.80 Å². The van der Waals surface area contributed by atoms with Gasteiger partial charge in [-0.3, -0.25) is 0 Å². The smallest absolute Gasteiger partial charge is 0.0900 e. The average molecular weight is 489 g/mol. The van der Waals surface area contributed by atoms with Crippen LogP contribution in [0.3, 0.4) is 0 Å². The summed E-state index contributed by atoms with van der Waals surface area (Å²) in [6.45, 7) is 2.83. The summed E-state index contributed by atoms with van der Waals surface area (Å²) in [5.41, 5.74) is 2.65. The first-order valence-corrected chi connectivity index (χ1v) is 8.43. The minimum absolute atomic E-state index is 0. The second kappa shape index (κ2) is 8.18. The van der Waals surface area contributed by atoms with Gasteiger partial charge in [-0.15, -0.1) is 17.0 Å². The molecular weight excluding hydrogens is 472 g/mol. The van der Waals surface area contributed by atoms with E-state index in [0.717, 1.165) is 28.7 Å². The van der Waals surface area contributed by atoms with Gasteiger partial charge in [-0.25, -0.2) is 0 Å². The number of halogens is 3. The standard InChI is InChI=1S/C17H16Br2N2.BrH/c18-16-5-1-14(2-6-16)11-20-9-10-21(13-20)12-15-3-7-17(19)8-4-15;/h1-10H,11-13H2;1H. The lowest BCUT2D eigenvalue weighted by molar-refractivity contribution is 0.255. The zero-order valence-corrected chi connectivity index (χ0v) is 16.8. The Bertz CT molecular complexity index is 568. The van der Waals surface area contributed by atoms with Crippen molar-refractivity contribution in [2.75, 3.05) is 6.67 Å². The van der Waals surface area contributed by atoms with E-state index in [4.69, 9.17) is 0 Å². The van der Waals surface area contributed by atoms with Gasteiger partial charge in [-0.05, 0) is 35.4 Å². The van der Waals surface area contributed by atoms with Crippen LogP contribution in [0.1, 0.15) is 11.1 Å². The number of rotatable bonds is 4. The first-order valence-electron chi connectivity index (χ1n) is 6.84. The van der Waals surface area contributed by atoms with Crippen LogP contribution in [0.5, 0.6) is 0 Å². The van der Waals surface area contributed by atoms with Gasteiger partial charge in [0.1, 0.15) is 0 Å². The maximum atomic E-state index is 3.47. The fourth-order valence-corrected chi connectivity index (χ4v) is 2.90. The molecular formula is C17H17Br3N2. The van der Waals surface area contributed by atoms with Gasteiger partial charge in [0, 0.05) is 34.4 Å². The maximum absolute atomic E-state index is 3.47. The van der Waals surface area contributed by atoms with Crippen LogP contribution >= 0.6 is 48.8 Å². The highest BCUT2D eigenvalue weighted by molar-refractivity contribution is 9.10. The molecule has 0 N–H and O–H groups in total. The fraction of sp³-hybridized carbons (Fsp3) is 0.176. The third-order valence-corrected chi connectivity index (χ3v) is 4.51. The summed E-state index contributed by atoms with van der Waals surface area (Å²) in [5, 5.41) is 0.